The molecule has 0 N–H and O–H groups in total. The van der Waals surface area contributed by atoms with Gasteiger partial charge in [0.05, 0.1) is 9.79 Å². The van der Waals surface area contributed by atoms with Crippen molar-refractivity contribution in [3.05, 3.63) is 82.9 Å². The fourth-order valence-corrected chi connectivity index (χ4v) is 16.9. The van der Waals surface area contributed by atoms with Crippen molar-refractivity contribution >= 4 is 90.7 Å². The van der Waals surface area contributed by atoms with Crippen LogP contribution in [0.25, 0.3) is 21.5 Å². The van der Waals surface area contributed by atoms with E-state index < -0.39 is 20.2 Å². The summed E-state index contributed by atoms with van der Waals surface area (Å²) in [5.74, 6) is 0. The van der Waals surface area contributed by atoms with Crippen LogP contribution in [0, 0.1) is 0 Å². The zero-order valence-electron chi connectivity index (χ0n) is 66.8. The zero-order chi connectivity index (χ0) is 71.9. The number of aryl methyl sites for hydroxylation is 4. The molecule has 0 aromatic heterocycles. The first-order valence-electron chi connectivity index (χ1n) is 43.9. The van der Waals surface area contributed by atoms with Crippen LogP contribution in [0.5, 0.6) is 0 Å². The minimum absolute atomic E-state index is 0. The average Bonchev–Trinajstić information content (AvgIpc) is 0.791. The standard InChI is InChI=1S/2C46H80O3S.Ba/c2*1-3-5-7-9-11-13-15-17-19-21-23-25-27-29-31-33-35-42-37-38-44-39-43(41-46(45(44)40-42)50(47,48)49)36-34-32-30-28-26-24-22-20-18-16-14-12-10-8-6-4-2;/h2*37-41H,3-36H2,1-2H3,(H,47,48,49);/q;;+2/p-2. The Morgan fingerprint density at radius 3 is 0.535 bits per heavy atom. The van der Waals surface area contributed by atoms with E-state index in [1.165, 1.54) is 372 Å². The minimum atomic E-state index is -4.53. The second-order valence-corrected chi connectivity index (χ2v) is 34.1. The number of benzene rings is 4. The average molecular weight is 1560 g/mol. The summed E-state index contributed by atoms with van der Waals surface area (Å²) in [6, 6.07) is 19.8. The summed E-state index contributed by atoms with van der Waals surface area (Å²) >= 11 is 0. The largest absolute Gasteiger partial charge is 2.00 e. The first kappa shape index (κ1) is 95.9. The second kappa shape index (κ2) is 67.0. The van der Waals surface area contributed by atoms with Crippen LogP contribution in [0.15, 0.2) is 70.5 Å². The normalized spacial score (nSPS) is 11.9. The Labute approximate surface area is 667 Å². The van der Waals surface area contributed by atoms with Crippen LogP contribution < -0.4 is 0 Å². The monoisotopic (exact) mass is 1560 g/mol. The van der Waals surface area contributed by atoms with Crippen LogP contribution in [0.4, 0.5) is 0 Å². The van der Waals surface area contributed by atoms with Crippen molar-refractivity contribution in [1.29, 1.82) is 0 Å². The van der Waals surface area contributed by atoms with Crippen molar-refractivity contribution in [3.8, 4) is 0 Å². The molecular formula is C92H158BaO6S2. The molecule has 0 unspecified atom stereocenters. The molecule has 0 saturated heterocycles. The predicted molar refractivity (Wildman–Crippen MR) is 443 cm³/mol. The summed E-state index contributed by atoms with van der Waals surface area (Å²) in [6.45, 7) is 9.13. The Hall–Kier alpha value is -1.21. The summed E-state index contributed by atoms with van der Waals surface area (Å²) in [4.78, 5) is -0.0642. The molecule has 576 valence electrons. The molecule has 6 nitrogen and oxygen atoms in total. The van der Waals surface area contributed by atoms with E-state index >= 15 is 0 Å². The number of fused-ring (bicyclic) bond motifs is 2. The van der Waals surface area contributed by atoms with Gasteiger partial charge in [-0.15, -0.1) is 0 Å². The summed E-state index contributed by atoms with van der Waals surface area (Å²) < 4.78 is 73.8. The van der Waals surface area contributed by atoms with E-state index in [-0.39, 0.29) is 58.7 Å². The van der Waals surface area contributed by atoms with E-state index in [9.17, 15) is 25.9 Å². The van der Waals surface area contributed by atoms with Gasteiger partial charge >= 0.3 is 48.9 Å². The van der Waals surface area contributed by atoms with E-state index in [0.29, 0.717) is 10.8 Å². The Morgan fingerprint density at radius 1 is 0.208 bits per heavy atom. The van der Waals surface area contributed by atoms with E-state index in [2.05, 4.69) is 52.0 Å². The molecule has 0 spiro atoms. The van der Waals surface area contributed by atoms with Gasteiger partial charge in [0.25, 0.3) is 0 Å². The van der Waals surface area contributed by atoms with Crippen molar-refractivity contribution in [3.63, 3.8) is 0 Å². The third-order valence-electron chi connectivity index (χ3n) is 21.9. The minimum Gasteiger partial charge on any atom is -0.744 e. The van der Waals surface area contributed by atoms with Crippen LogP contribution in [0.1, 0.15) is 461 Å². The van der Waals surface area contributed by atoms with Crippen molar-refractivity contribution < 1.29 is 25.9 Å². The van der Waals surface area contributed by atoms with Crippen LogP contribution in [-0.4, -0.2) is 74.8 Å². The quantitative estimate of drug-likeness (QED) is 0.0247. The molecule has 4 rings (SSSR count). The second-order valence-electron chi connectivity index (χ2n) is 31.4. The van der Waals surface area contributed by atoms with Gasteiger partial charge in [-0.2, -0.15) is 0 Å². The maximum absolute atomic E-state index is 12.3. The SMILES string of the molecule is CCCCCCCCCCCCCCCCCCc1cc(S(=O)(=O)[O-])c2cc(CCCCCCCCCCCCCCCCCC)ccc2c1.CCCCCCCCCCCCCCCCCCc1cc(S(=O)(=O)[O-])c2cc(CCCCCCCCCCCCCCCCCC)ccc2c1.[Ba+2]. The maximum atomic E-state index is 12.3. The summed E-state index contributed by atoms with van der Waals surface area (Å²) in [5, 5.41) is 2.96. The van der Waals surface area contributed by atoms with Gasteiger partial charge in [-0.1, -0.05) is 449 Å². The van der Waals surface area contributed by atoms with Crippen LogP contribution in [0.3, 0.4) is 0 Å². The fourth-order valence-electron chi connectivity index (χ4n) is 15.4. The molecule has 4 aromatic rings. The van der Waals surface area contributed by atoms with Gasteiger partial charge in [-0.25, -0.2) is 16.8 Å². The van der Waals surface area contributed by atoms with E-state index in [0.717, 1.165) is 97.2 Å². The molecule has 0 heterocycles. The van der Waals surface area contributed by atoms with Gasteiger partial charge in [0.1, 0.15) is 20.2 Å². The van der Waals surface area contributed by atoms with Crippen molar-refractivity contribution in [1.82, 2.24) is 0 Å². The Bertz CT molecular complexity index is 2570. The summed E-state index contributed by atoms with van der Waals surface area (Å²) in [6.07, 6.45) is 89.8. The molecule has 0 bridgehead atoms. The first-order valence-corrected chi connectivity index (χ1v) is 46.8. The summed E-state index contributed by atoms with van der Waals surface area (Å²) in [7, 11) is -9.06. The molecular weight excluding hydrogens is 1400 g/mol. The molecule has 0 atom stereocenters. The van der Waals surface area contributed by atoms with Crippen molar-refractivity contribution in [2.45, 2.75) is 474 Å². The molecule has 0 aliphatic rings. The van der Waals surface area contributed by atoms with Gasteiger partial charge < -0.3 is 9.11 Å². The first-order chi connectivity index (χ1) is 48.9. The number of hydrogen-bond donors (Lipinski definition) is 0. The van der Waals surface area contributed by atoms with E-state index in [1.54, 1.807) is 12.1 Å². The molecule has 101 heavy (non-hydrogen) atoms. The van der Waals surface area contributed by atoms with Crippen LogP contribution in [-0.2, 0) is 45.9 Å². The Kier molecular flexibility index (Phi) is 63.5. The van der Waals surface area contributed by atoms with Crippen LogP contribution >= 0.6 is 0 Å². The Morgan fingerprint density at radius 2 is 0.366 bits per heavy atom. The molecule has 0 radical (unpaired) electrons. The van der Waals surface area contributed by atoms with E-state index in [4.69, 9.17) is 0 Å². The molecule has 4 aromatic carbocycles. The zero-order valence-corrected chi connectivity index (χ0v) is 72.9. The molecule has 0 saturated carbocycles. The smallest absolute Gasteiger partial charge is 0.744 e. The molecule has 0 fully saturated rings. The number of hydrogen-bond acceptors (Lipinski definition) is 6. The van der Waals surface area contributed by atoms with Crippen molar-refractivity contribution in [2.75, 3.05) is 0 Å². The molecule has 0 amide bonds. The predicted octanol–water partition coefficient (Wildman–Crippen LogP) is 30.3. The third kappa shape index (κ3) is 52.5. The fraction of sp³-hybridized carbons (Fsp3) is 0.783. The number of rotatable bonds is 70. The van der Waals surface area contributed by atoms with E-state index in [1.807, 2.05) is 24.3 Å². The summed E-state index contributed by atoms with van der Waals surface area (Å²) in [5.41, 5.74) is 4.22. The van der Waals surface area contributed by atoms with Gasteiger partial charge in [-0.05, 0) is 119 Å². The number of unbranched alkanes of at least 4 members (excludes halogenated alkanes) is 60. The van der Waals surface area contributed by atoms with Gasteiger partial charge in [0.15, 0.2) is 0 Å². The maximum Gasteiger partial charge on any atom is 2.00 e. The van der Waals surface area contributed by atoms with Gasteiger partial charge in [-0.3, -0.25) is 0 Å². The Balaban J connectivity index is 0.000000680. The van der Waals surface area contributed by atoms with Gasteiger partial charge in [0.2, 0.25) is 0 Å². The topological polar surface area (TPSA) is 114 Å². The third-order valence-corrected chi connectivity index (χ3v) is 23.6. The molecule has 0 aliphatic carbocycles. The molecule has 0 aliphatic heterocycles. The van der Waals surface area contributed by atoms with Crippen LogP contribution in [0.2, 0.25) is 0 Å². The van der Waals surface area contributed by atoms with Gasteiger partial charge in [0, 0.05) is 0 Å². The molecule has 9 heteroatoms. The van der Waals surface area contributed by atoms with Crippen molar-refractivity contribution in [2.24, 2.45) is 0 Å².